The molecule has 108 valence electrons. The van der Waals surface area contributed by atoms with E-state index in [2.05, 4.69) is 36.2 Å². The van der Waals surface area contributed by atoms with Gasteiger partial charge in [-0.3, -0.25) is 4.98 Å². The first-order valence-corrected chi connectivity index (χ1v) is 6.72. The van der Waals surface area contributed by atoms with Crippen LogP contribution in [0.4, 0.5) is 0 Å². The summed E-state index contributed by atoms with van der Waals surface area (Å²) >= 11 is 0. The standard InChI is InChI=1S/C15H22N4O/c1-11-8-14(19(5)18-11)20-13-6-7-16-12(9-13)10-17-15(2,3)4/h6-9,17H,10H2,1-5H3. The van der Waals surface area contributed by atoms with Crippen molar-refractivity contribution in [2.75, 3.05) is 0 Å². The highest BCUT2D eigenvalue weighted by molar-refractivity contribution is 5.28. The Kier molecular flexibility index (Phi) is 4.09. The van der Waals surface area contributed by atoms with Crippen molar-refractivity contribution in [2.24, 2.45) is 7.05 Å². The summed E-state index contributed by atoms with van der Waals surface area (Å²) < 4.78 is 7.56. The first kappa shape index (κ1) is 14.5. The van der Waals surface area contributed by atoms with Gasteiger partial charge in [0.1, 0.15) is 5.75 Å². The van der Waals surface area contributed by atoms with Crippen molar-refractivity contribution in [1.29, 1.82) is 0 Å². The predicted molar refractivity (Wildman–Crippen MR) is 78.8 cm³/mol. The Balaban J connectivity index is 2.08. The number of rotatable bonds is 4. The van der Waals surface area contributed by atoms with Gasteiger partial charge in [-0.25, -0.2) is 4.68 Å². The molecule has 0 saturated carbocycles. The zero-order chi connectivity index (χ0) is 14.8. The van der Waals surface area contributed by atoms with E-state index in [0.29, 0.717) is 6.54 Å². The summed E-state index contributed by atoms with van der Waals surface area (Å²) in [7, 11) is 1.87. The molecule has 0 unspecified atom stereocenters. The molecule has 0 spiro atoms. The van der Waals surface area contributed by atoms with Crippen molar-refractivity contribution < 1.29 is 4.74 Å². The van der Waals surface area contributed by atoms with E-state index in [1.165, 1.54) is 0 Å². The van der Waals surface area contributed by atoms with E-state index in [1.807, 2.05) is 32.2 Å². The van der Waals surface area contributed by atoms with Crippen LogP contribution in [-0.4, -0.2) is 20.3 Å². The molecule has 1 N–H and O–H groups in total. The minimum absolute atomic E-state index is 0.0672. The first-order chi connectivity index (χ1) is 9.33. The van der Waals surface area contributed by atoms with Crippen molar-refractivity contribution in [3.63, 3.8) is 0 Å². The molecule has 0 bridgehead atoms. The Labute approximate surface area is 120 Å². The summed E-state index contributed by atoms with van der Waals surface area (Å²) in [6.45, 7) is 9.05. The van der Waals surface area contributed by atoms with Gasteiger partial charge >= 0.3 is 0 Å². The molecule has 0 amide bonds. The molecule has 2 rings (SSSR count). The fourth-order valence-corrected chi connectivity index (χ4v) is 1.78. The van der Waals surface area contributed by atoms with Gasteiger partial charge in [-0.15, -0.1) is 0 Å². The minimum atomic E-state index is 0.0672. The van der Waals surface area contributed by atoms with Crippen LogP contribution in [0.15, 0.2) is 24.4 Å². The van der Waals surface area contributed by atoms with Crippen molar-refractivity contribution >= 4 is 0 Å². The number of nitrogens with one attached hydrogen (secondary N) is 1. The molecule has 5 heteroatoms. The molecular formula is C15H22N4O. The van der Waals surface area contributed by atoms with Gasteiger partial charge in [-0.2, -0.15) is 5.10 Å². The monoisotopic (exact) mass is 274 g/mol. The SMILES string of the molecule is Cc1cc(Oc2ccnc(CNC(C)(C)C)c2)n(C)n1. The van der Waals surface area contributed by atoms with Crippen LogP contribution in [0, 0.1) is 6.92 Å². The van der Waals surface area contributed by atoms with Crippen LogP contribution in [-0.2, 0) is 13.6 Å². The molecule has 2 aromatic heterocycles. The van der Waals surface area contributed by atoms with Crippen LogP contribution >= 0.6 is 0 Å². The smallest absolute Gasteiger partial charge is 0.217 e. The average molecular weight is 274 g/mol. The summed E-state index contributed by atoms with van der Waals surface area (Å²) in [4.78, 5) is 4.35. The van der Waals surface area contributed by atoms with E-state index in [9.17, 15) is 0 Å². The maximum Gasteiger partial charge on any atom is 0.217 e. The van der Waals surface area contributed by atoms with E-state index < -0.39 is 0 Å². The van der Waals surface area contributed by atoms with Gasteiger partial charge in [0.15, 0.2) is 0 Å². The highest BCUT2D eigenvalue weighted by Gasteiger charge is 2.10. The van der Waals surface area contributed by atoms with Gasteiger partial charge in [0.05, 0.1) is 11.4 Å². The number of aryl methyl sites for hydroxylation is 2. The van der Waals surface area contributed by atoms with Crippen molar-refractivity contribution in [3.05, 3.63) is 35.8 Å². The van der Waals surface area contributed by atoms with Crippen molar-refractivity contribution in [3.8, 4) is 11.6 Å². The molecule has 20 heavy (non-hydrogen) atoms. The predicted octanol–water partition coefficient (Wildman–Crippen LogP) is 2.80. The molecule has 0 radical (unpaired) electrons. The number of pyridine rings is 1. The molecule has 0 aliphatic rings. The third-order valence-corrected chi connectivity index (χ3v) is 2.77. The topological polar surface area (TPSA) is 52.0 Å². The molecule has 0 fully saturated rings. The van der Waals surface area contributed by atoms with Gasteiger partial charge in [0.25, 0.3) is 0 Å². The van der Waals surface area contributed by atoms with Crippen LogP contribution in [0.5, 0.6) is 11.6 Å². The number of nitrogens with zero attached hydrogens (tertiary/aromatic N) is 3. The molecule has 0 aliphatic carbocycles. The van der Waals surface area contributed by atoms with Gasteiger partial charge in [0.2, 0.25) is 5.88 Å². The molecule has 0 aromatic carbocycles. The summed E-state index contributed by atoms with van der Waals surface area (Å²) in [6.07, 6.45) is 1.76. The van der Waals surface area contributed by atoms with Crippen LogP contribution in [0.3, 0.4) is 0 Å². The maximum absolute atomic E-state index is 5.84. The number of ether oxygens (including phenoxy) is 1. The van der Waals surface area contributed by atoms with E-state index in [0.717, 1.165) is 23.0 Å². The van der Waals surface area contributed by atoms with E-state index in [1.54, 1.807) is 10.9 Å². The largest absolute Gasteiger partial charge is 0.439 e. The number of hydrogen-bond donors (Lipinski definition) is 1. The summed E-state index contributed by atoms with van der Waals surface area (Å²) in [6, 6.07) is 5.71. The third-order valence-electron chi connectivity index (χ3n) is 2.77. The Bertz CT molecular complexity index is 584. The quantitative estimate of drug-likeness (QED) is 0.931. The maximum atomic E-state index is 5.84. The number of aromatic nitrogens is 3. The second-order valence-electron chi connectivity index (χ2n) is 5.94. The Morgan fingerprint density at radius 2 is 2.05 bits per heavy atom. The zero-order valence-electron chi connectivity index (χ0n) is 12.8. The van der Waals surface area contributed by atoms with Crippen LogP contribution < -0.4 is 10.1 Å². The lowest BCUT2D eigenvalue weighted by Crippen LogP contribution is -2.35. The number of hydrogen-bond acceptors (Lipinski definition) is 4. The second kappa shape index (κ2) is 5.63. The average Bonchev–Trinajstić information content (AvgIpc) is 2.65. The molecule has 2 aromatic rings. The molecule has 2 heterocycles. The molecule has 0 aliphatic heterocycles. The third kappa shape index (κ3) is 4.06. The van der Waals surface area contributed by atoms with E-state index in [-0.39, 0.29) is 5.54 Å². The van der Waals surface area contributed by atoms with Crippen LogP contribution in [0.25, 0.3) is 0 Å². The lowest BCUT2D eigenvalue weighted by Gasteiger charge is -2.20. The first-order valence-electron chi connectivity index (χ1n) is 6.72. The molecule has 0 saturated heterocycles. The van der Waals surface area contributed by atoms with Crippen molar-refractivity contribution in [2.45, 2.75) is 39.8 Å². The van der Waals surface area contributed by atoms with Crippen LogP contribution in [0.2, 0.25) is 0 Å². The van der Waals surface area contributed by atoms with Crippen LogP contribution in [0.1, 0.15) is 32.2 Å². The summed E-state index contributed by atoms with van der Waals surface area (Å²) in [5.74, 6) is 1.50. The van der Waals surface area contributed by atoms with Gasteiger partial charge in [0, 0.05) is 37.5 Å². The highest BCUT2D eigenvalue weighted by Crippen LogP contribution is 2.21. The fraction of sp³-hybridized carbons (Fsp3) is 0.467. The van der Waals surface area contributed by atoms with Crippen molar-refractivity contribution in [1.82, 2.24) is 20.1 Å². The van der Waals surface area contributed by atoms with Gasteiger partial charge in [-0.05, 0) is 33.8 Å². The fourth-order valence-electron chi connectivity index (χ4n) is 1.78. The Morgan fingerprint density at radius 3 is 2.65 bits per heavy atom. The normalized spacial score (nSPS) is 11.7. The lowest BCUT2D eigenvalue weighted by atomic mass is 10.1. The van der Waals surface area contributed by atoms with Gasteiger partial charge < -0.3 is 10.1 Å². The summed E-state index contributed by atoms with van der Waals surface area (Å²) in [5.41, 5.74) is 1.96. The summed E-state index contributed by atoms with van der Waals surface area (Å²) in [5, 5.41) is 7.67. The van der Waals surface area contributed by atoms with Gasteiger partial charge in [-0.1, -0.05) is 0 Å². The molecule has 5 nitrogen and oxygen atoms in total. The zero-order valence-corrected chi connectivity index (χ0v) is 12.8. The van der Waals surface area contributed by atoms with E-state index >= 15 is 0 Å². The molecule has 0 atom stereocenters. The Hall–Kier alpha value is -1.88. The van der Waals surface area contributed by atoms with E-state index in [4.69, 9.17) is 4.74 Å². The Morgan fingerprint density at radius 1 is 1.30 bits per heavy atom. The minimum Gasteiger partial charge on any atom is -0.439 e. The second-order valence-corrected chi connectivity index (χ2v) is 5.94. The molecular weight excluding hydrogens is 252 g/mol. The highest BCUT2D eigenvalue weighted by atomic mass is 16.5. The lowest BCUT2D eigenvalue weighted by molar-refractivity contribution is 0.415.